The Hall–Kier alpha value is -2.67. The first-order valence-electron chi connectivity index (χ1n) is 7.97. The Morgan fingerprint density at radius 3 is 2.04 bits per heavy atom. The van der Waals surface area contributed by atoms with E-state index in [9.17, 15) is 4.79 Å². The number of Topliss-reactive ketones (excluding diaryl/α,β-unsaturated/α-hetero) is 1. The summed E-state index contributed by atoms with van der Waals surface area (Å²) < 4.78 is 0. The third-order valence-electron chi connectivity index (χ3n) is 4.12. The molecule has 1 heteroatoms. The molecule has 0 radical (unpaired) electrons. The van der Waals surface area contributed by atoms with Gasteiger partial charge in [0.1, 0.15) is 0 Å². The molecule has 0 aromatic heterocycles. The number of rotatable bonds is 5. The summed E-state index contributed by atoms with van der Waals surface area (Å²) in [5.74, 6) is 0.132. The van der Waals surface area contributed by atoms with E-state index in [1.54, 1.807) is 6.92 Å². The molecule has 3 aromatic rings. The van der Waals surface area contributed by atoms with Gasteiger partial charge < -0.3 is 0 Å². The van der Waals surface area contributed by atoms with Gasteiger partial charge in [0.2, 0.25) is 0 Å². The Bertz CT molecular complexity index is 789. The molecule has 0 spiro atoms. The van der Waals surface area contributed by atoms with E-state index in [-0.39, 0.29) is 5.78 Å². The zero-order chi connectivity index (χ0) is 16.1. The lowest BCUT2D eigenvalue weighted by Crippen LogP contribution is -2.02. The van der Waals surface area contributed by atoms with Gasteiger partial charge in [-0.15, -0.1) is 0 Å². The van der Waals surface area contributed by atoms with Crippen LogP contribution in [-0.4, -0.2) is 5.78 Å². The first-order valence-corrected chi connectivity index (χ1v) is 7.97. The normalized spacial score (nSPS) is 10.5. The first-order chi connectivity index (χ1) is 11.2. The minimum atomic E-state index is 0.132. The highest BCUT2D eigenvalue weighted by molar-refractivity contribution is 5.96. The lowest BCUT2D eigenvalue weighted by Gasteiger charge is -2.10. The topological polar surface area (TPSA) is 17.1 Å². The molecule has 0 heterocycles. The third kappa shape index (κ3) is 3.75. The molecule has 1 nitrogen and oxygen atoms in total. The van der Waals surface area contributed by atoms with Crippen LogP contribution in [0.4, 0.5) is 0 Å². The fourth-order valence-corrected chi connectivity index (χ4v) is 2.88. The molecule has 23 heavy (non-hydrogen) atoms. The van der Waals surface area contributed by atoms with Crippen LogP contribution in [0.3, 0.4) is 0 Å². The lowest BCUT2D eigenvalue weighted by molar-refractivity contribution is 0.101. The molecule has 0 fully saturated rings. The third-order valence-corrected chi connectivity index (χ3v) is 4.12. The quantitative estimate of drug-likeness (QED) is 0.581. The van der Waals surface area contributed by atoms with Crippen molar-refractivity contribution in [1.29, 1.82) is 0 Å². The smallest absolute Gasteiger partial charge is 0.160 e. The molecule has 114 valence electrons. The number of benzene rings is 3. The fraction of sp³-hybridized carbons (Fsp3) is 0.136. The highest BCUT2D eigenvalue weighted by Crippen LogP contribution is 2.24. The molecule has 0 aliphatic carbocycles. The first kappa shape index (κ1) is 15.2. The SMILES string of the molecule is CC(=O)c1ccc(-c2ccccc2)cc1CCc1ccccc1. The average molecular weight is 300 g/mol. The summed E-state index contributed by atoms with van der Waals surface area (Å²) in [6, 6.07) is 26.9. The van der Waals surface area contributed by atoms with Crippen molar-refractivity contribution in [3.63, 3.8) is 0 Å². The number of ketones is 1. The molecule has 0 aliphatic rings. The van der Waals surface area contributed by atoms with Gasteiger partial charge in [-0.05, 0) is 42.0 Å². The maximum absolute atomic E-state index is 11.9. The van der Waals surface area contributed by atoms with E-state index in [2.05, 4.69) is 42.5 Å². The zero-order valence-corrected chi connectivity index (χ0v) is 13.3. The van der Waals surface area contributed by atoms with Gasteiger partial charge in [0.15, 0.2) is 5.78 Å². The number of hydrogen-bond acceptors (Lipinski definition) is 1. The van der Waals surface area contributed by atoms with E-state index in [0.29, 0.717) is 0 Å². The van der Waals surface area contributed by atoms with Crippen molar-refractivity contribution in [2.24, 2.45) is 0 Å². The van der Waals surface area contributed by atoms with Gasteiger partial charge >= 0.3 is 0 Å². The van der Waals surface area contributed by atoms with Crippen molar-refractivity contribution in [3.8, 4) is 11.1 Å². The average Bonchev–Trinajstić information content (AvgIpc) is 2.61. The second-order valence-electron chi connectivity index (χ2n) is 5.78. The molecule has 0 bridgehead atoms. The Balaban J connectivity index is 1.91. The van der Waals surface area contributed by atoms with Crippen LogP contribution in [-0.2, 0) is 12.8 Å². The van der Waals surface area contributed by atoms with Crippen molar-refractivity contribution < 1.29 is 4.79 Å². The van der Waals surface area contributed by atoms with Crippen LogP contribution in [0.2, 0.25) is 0 Å². The van der Waals surface area contributed by atoms with Crippen LogP contribution in [0.15, 0.2) is 78.9 Å². The highest BCUT2D eigenvalue weighted by atomic mass is 16.1. The van der Waals surface area contributed by atoms with Gasteiger partial charge in [0.25, 0.3) is 0 Å². The monoisotopic (exact) mass is 300 g/mol. The number of hydrogen-bond donors (Lipinski definition) is 0. The molecule has 3 rings (SSSR count). The summed E-state index contributed by atoms with van der Waals surface area (Å²) in [6.07, 6.45) is 1.82. The van der Waals surface area contributed by atoms with Crippen molar-refractivity contribution in [1.82, 2.24) is 0 Å². The minimum Gasteiger partial charge on any atom is -0.295 e. The van der Waals surface area contributed by atoms with E-state index >= 15 is 0 Å². The van der Waals surface area contributed by atoms with Crippen LogP contribution < -0.4 is 0 Å². The summed E-state index contributed by atoms with van der Waals surface area (Å²) in [4.78, 5) is 11.9. The summed E-state index contributed by atoms with van der Waals surface area (Å²) >= 11 is 0. The Morgan fingerprint density at radius 1 is 0.739 bits per heavy atom. The molecule has 0 saturated carbocycles. The second kappa shape index (κ2) is 7.06. The second-order valence-corrected chi connectivity index (χ2v) is 5.78. The molecule has 3 aromatic carbocycles. The van der Waals surface area contributed by atoms with Crippen LogP contribution in [0.1, 0.15) is 28.4 Å². The van der Waals surface area contributed by atoms with Crippen molar-refractivity contribution >= 4 is 5.78 Å². The summed E-state index contributed by atoms with van der Waals surface area (Å²) in [7, 11) is 0. The fourth-order valence-electron chi connectivity index (χ4n) is 2.88. The van der Waals surface area contributed by atoms with E-state index in [1.165, 1.54) is 16.7 Å². The summed E-state index contributed by atoms with van der Waals surface area (Å²) in [5.41, 5.74) is 5.61. The summed E-state index contributed by atoms with van der Waals surface area (Å²) in [6.45, 7) is 1.64. The van der Waals surface area contributed by atoms with Crippen molar-refractivity contribution in [2.45, 2.75) is 19.8 Å². The van der Waals surface area contributed by atoms with Gasteiger partial charge in [0, 0.05) is 5.56 Å². The van der Waals surface area contributed by atoms with E-state index < -0.39 is 0 Å². The van der Waals surface area contributed by atoms with Crippen molar-refractivity contribution in [2.75, 3.05) is 0 Å². The molecular formula is C22H20O. The molecule has 0 aliphatic heterocycles. The number of carbonyl (C=O) groups excluding carboxylic acids is 1. The Morgan fingerprint density at radius 2 is 1.39 bits per heavy atom. The van der Waals surface area contributed by atoms with Crippen LogP contribution in [0, 0.1) is 0 Å². The summed E-state index contributed by atoms with van der Waals surface area (Å²) in [5, 5.41) is 0. The maximum atomic E-state index is 11.9. The Kier molecular flexibility index (Phi) is 4.68. The molecular weight excluding hydrogens is 280 g/mol. The van der Waals surface area contributed by atoms with E-state index in [1.807, 2.05) is 36.4 Å². The molecule has 0 saturated heterocycles. The number of carbonyl (C=O) groups is 1. The zero-order valence-electron chi connectivity index (χ0n) is 13.3. The van der Waals surface area contributed by atoms with Gasteiger partial charge in [-0.2, -0.15) is 0 Å². The van der Waals surface area contributed by atoms with Crippen LogP contribution >= 0.6 is 0 Å². The molecule has 0 unspecified atom stereocenters. The predicted molar refractivity (Wildman–Crippen MR) is 95.7 cm³/mol. The minimum absolute atomic E-state index is 0.132. The van der Waals surface area contributed by atoms with Gasteiger partial charge in [-0.3, -0.25) is 4.79 Å². The van der Waals surface area contributed by atoms with Gasteiger partial charge in [-0.1, -0.05) is 78.9 Å². The molecule has 0 N–H and O–H groups in total. The van der Waals surface area contributed by atoms with Crippen LogP contribution in [0.5, 0.6) is 0 Å². The predicted octanol–water partition coefficient (Wildman–Crippen LogP) is 5.34. The highest BCUT2D eigenvalue weighted by Gasteiger charge is 2.09. The van der Waals surface area contributed by atoms with E-state index in [4.69, 9.17) is 0 Å². The Labute approximate surface area is 137 Å². The van der Waals surface area contributed by atoms with Gasteiger partial charge in [0.05, 0.1) is 0 Å². The standard InChI is InChI=1S/C22H20O/c1-17(23)22-15-14-20(19-10-6-3-7-11-19)16-21(22)13-12-18-8-4-2-5-9-18/h2-11,14-16H,12-13H2,1H3. The van der Waals surface area contributed by atoms with Gasteiger partial charge in [-0.25, -0.2) is 0 Å². The number of aryl methyl sites for hydroxylation is 2. The van der Waals surface area contributed by atoms with E-state index in [0.717, 1.165) is 24.0 Å². The maximum Gasteiger partial charge on any atom is 0.160 e. The van der Waals surface area contributed by atoms with Crippen molar-refractivity contribution in [3.05, 3.63) is 95.6 Å². The molecule has 0 atom stereocenters. The lowest BCUT2D eigenvalue weighted by atomic mass is 9.93. The largest absolute Gasteiger partial charge is 0.295 e. The molecule has 0 amide bonds. The van der Waals surface area contributed by atoms with Crippen LogP contribution in [0.25, 0.3) is 11.1 Å².